The lowest BCUT2D eigenvalue weighted by Crippen LogP contribution is -2.63. The van der Waals surface area contributed by atoms with Gasteiger partial charge in [-0.15, -0.1) is 5.10 Å². The number of likely N-dealkylation sites (N-methyl/N-ethyl adjacent to an activating group) is 1. The highest BCUT2D eigenvalue weighted by molar-refractivity contribution is 5.79. The Bertz CT molecular complexity index is 466. The van der Waals surface area contributed by atoms with Gasteiger partial charge in [0.25, 0.3) is 5.96 Å². The Morgan fingerprint density at radius 3 is 2.74 bits per heavy atom. The molecule has 0 bridgehead atoms. The van der Waals surface area contributed by atoms with Crippen LogP contribution in [0.15, 0.2) is 23.3 Å². The number of nitrogens with zero attached hydrogens (tertiary/aromatic N) is 2. The Morgan fingerprint density at radius 2 is 2.21 bits per heavy atom. The van der Waals surface area contributed by atoms with E-state index in [1.165, 1.54) is 0 Å². The van der Waals surface area contributed by atoms with Gasteiger partial charge in [-0.25, -0.2) is 0 Å². The molecule has 6 nitrogen and oxygen atoms in total. The second-order valence-corrected chi connectivity index (χ2v) is 4.15. The number of aliphatic hydroxyl groups excluding tert-OH is 1. The first-order chi connectivity index (χ1) is 9.08. The highest BCUT2D eigenvalue weighted by Gasteiger charge is 2.06. The van der Waals surface area contributed by atoms with Crippen LogP contribution in [0.2, 0.25) is 0 Å². The Balaban J connectivity index is 2.90. The quantitative estimate of drug-likeness (QED) is 0.285. The SMILES string of the molecule is CCN(CCO)c1ccc(/C=[NH+]/N=C(N)N)c(C)c1. The summed E-state index contributed by atoms with van der Waals surface area (Å²) in [5.41, 5.74) is 13.7. The van der Waals surface area contributed by atoms with E-state index in [4.69, 9.17) is 16.6 Å². The van der Waals surface area contributed by atoms with Gasteiger partial charge in [0.15, 0.2) is 0 Å². The number of benzene rings is 1. The maximum absolute atomic E-state index is 9.02. The van der Waals surface area contributed by atoms with E-state index in [1.807, 2.05) is 19.1 Å². The number of hydrogen-bond donors (Lipinski definition) is 4. The van der Waals surface area contributed by atoms with Crippen LogP contribution in [-0.2, 0) is 0 Å². The molecule has 1 rings (SSSR count). The zero-order chi connectivity index (χ0) is 14.3. The minimum absolute atomic E-state index is 0.00868. The summed E-state index contributed by atoms with van der Waals surface area (Å²) in [6, 6.07) is 6.07. The molecule has 19 heavy (non-hydrogen) atoms. The standard InChI is InChI=1S/C13H21N5O/c1-3-18(6-7-19)12-5-4-11(10(2)8-12)9-16-17-13(14)15/h4-5,8-9,19H,3,6-7H2,1-2H3,(H4,14,15,17)/p+1/b16-9+. The van der Waals surface area contributed by atoms with Gasteiger partial charge in [0.2, 0.25) is 6.21 Å². The molecule has 0 aliphatic carbocycles. The number of nitrogens with two attached hydrogens (primary N) is 2. The third kappa shape index (κ3) is 4.59. The van der Waals surface area contributed by atoms with Gasteiger partial charge in [-0.3, -0.25) is 0 Å². The Kier molecular flexibility index (Phi) is 5.81. The van der Waals surface area contributed by atoms with Gasteiger partial charge < -0.3 is 21.5 Å². The molecule has 0 heterocycles. The van der Waals surface area contributed by atoms with E-state index in [0.29, 0.717) is 6.54 Å². The van der Waals surface area contributed by atoms with Crippen molar-refractivity contribution in [3.8, 4) is 0 Å². The van der Waals surface area contributed by atoms with Gasteiger partial charge in [-0.1, -0.05) is 0 Å². The van der Waals surface area contributed by atoms with Crippen LogP contribution in [0.1, 0.15) is 18.1 Å². The van der Waals surface area contributed by atoms with E-state index in [1.54, 1.807) is 6.21 Å². The van der Waals surface area contributed by atoms with Crippen molar-refractivity contribution in [3.05, 3.63) is 29.3 Å². The fourth-order valence-electron chi connectivity index (χ4n) is 1.79. The summed E-state index contributed by atoms with van der Waals surface area (Å²) in [4.78, 5) is 2.11. The summed E-state index contributed by atoms with van der Waals surface area (Å²) in [6.07, 6.45) is 1.74. The number of nitrogens with one attached hydrogen (secondary N) is 1. The van der Waals surface area contributed by atoms with Crippen LogP contribution in [0.25, 0.3) is 0 Å². The molecule has 0 atom stereocenters. The van der Waals surface area contributed by atoms with Crippen LogP contribution in [0.3, 0.4) is 0 Å². The molecule has 0 fully saturated rings. The lowest BCUT2D eigenvalue weighted by molar-refractivity contribution is -0.456. The molecule has 0 amide bonds. The molecule has 0 aromatic heterocycles. The average molecular weight is 264 g/mol. The van der Waals surface area contributed by atoms with Crippen molar-refractivity contribution in [2.75, 3.05) is 24.6 Å². The summed E-state index contributed by atoms with van der Waals surface area (Å²) >= 11 is 0. The second kappa shape index (κ2) is 7.38. The fourth-order valence-corrected chi connectivity index (χ4v) is 1.79. The van der Waals surface area contributed by atoms with Gasteiger partial charge in [0.1, 0.15) is 0 Å². The van der Waals surface area contributed by atoms with Gasteiger partial charge in [0, 0.05) is 29.4 Å². The van der Waals surface area contributed by atoms with Crippen molar-refractivity contribution in [3.63, 3.8) is 0 Å². The summed E-state index contributed by atoms with van der Waals surface area (Å²) in [6.45, 7) is 5.71. The monoisotopic (exact) mass is 264 g/mol. The first-order valence-corrected chi connectivity index (χ1v) is 6.22. The van der Waals surface area contributed by atoms with Crippen molar-refractivity contribution in [1.82, 2.24) is 0 Å². The number of guanidine groups is 1. The van der Waals surface area contributed by atoms with E-state index >= 15 is 0 Å². The predicted molar refractivity (Wildman–Crippen MR) is 78.1 cm³/mol. The summed E-state index contributed by atoms with van der Waals surface area (Å²) in [7, 11) is 0. The third-order valence-electron chi connectivity index (χ3n) is 2.78. The number of aliphatic hydroxyl groups is 1. The van der Waals surface area contributed by atoms with E-state index < -0.39 is 0 Å². The lowest BCUT2D eigenvalue weighted by atomic mass is 10.1. The zero-order valence-corrected chi connectivity index (χ0v) is 11.4. The smallest absolute Gasteiger partial charge is 0.256 e. The van der Waals surface area contributed by atoms with Gasteiger partial charge in [-0.2, -0.15) is 0 Å². The first kappa shape index (κ1) is 15.0. The second-order valence-electron chi connectivity index (χ2n) is 4.15. The highest BCUT2D eigenvalue weighted by atomic mass is 16.3. The van der Waals surface area contributed by atoms with Gasteiger partial charge >= 0.3 is 0 Å². The minimum Gasteiger partial charge on any atom is -0.395 e. The average Bonchev–Trinajstić information content (AvgIpc) is 2.37. The topological polar surface area (TPSA) is 102 Å². The molecule has 0 unspecified atom stereocenters. The van der Waals surface area contributed by atoms with Crippen LogP contribution in [0.4, 0.5) is 5.69 Å². The number of aryl methyl sites for hydroxylation is 1. The van der Waals surface area contributed by atoms with Crippen molar-refractivity contribution in [2.45, 2.75) is 13.8 Å². The molecule has 1 aromatic carbocycles. The normalized spacial score (nSPS) is 10.7. The Labute approximate surface area is 113 Å². The molecular formula is C13H22N5O+. The van der Waals surface area contributed by atoms with Crippen molar-refractivity contribution < 1.29 is 10.2 Å². The first-order valence-electron chi connectivity index (χ1n) is 6.22. The summed E-state index contributed by atoms with van der Waals surface area (Å²) in [5.74, 6) is -0.00868. The van der Waals surface area contributed by atoms with Crippen LogP contribution >= 0.6 is 0 Å². The fraction of sp³-hybridized carbons (Fsp3) is 0.385. The molecule has 104 valence electrons. The Hall–Kier alpha value is -2.08. The molecule has 6 heteroatoms. The largest absolute Gasteiger partial charge is 0.395 e. The minimum atomic E-state index is -0.00868. The van der Waals surface area contributed by atoms with E-state index in [-0.39, 0.29) is 12.6 Å². The van der Waals surface area contributed by atoms with Crippen LogP contribution in [0.5, 0.6) is 0 Å². The maximum atomic E-state index is 9.02. The van der Waals surface area contributed by atoms with Crippen LogP contribution in [-0.4, -0.2) is 37.0 Å². The van der Waals surface area contributed by atoms with E-state index in [0.717, 1.165) is 23.4 Å². The maximum Gasteiger partial charge on any atom is 0.256 e. The molecule has 0 saturated carbocycles. The Morgan fingerprint density at radius 1 is 1.47 bits per heavy atom. The lowest BCUT2D eigenvalue weighted by Gasteiger charge is -2.22. The van der Waals surface area contributed by atoms with Crippen molar-refractivity contribution in [1.29, 1.82) is 0 Å². The number of hydrazone groups is 1. The van der Waals surface area contributed by atoms with Gasteiger partial charge in [-0.05, 0) is 37.6 Å². The molecule has 0 spiro atoms. The number of hydrogen-bond acceptors (Lipinski definition) is 3. The third-order valence-corrected chi connectivity index (χ3v) is 2.78. The highest BCUT2D eigenvalue weighted by Crippen LogP contribution is 2.17. The number of anilines is 1. The molecule has 0 aliphatic heterocycles. The molecule has 1 aromatic rings. The molecule has 0 aliphatic rings. The van der Waals surface area contributed by atoms with Crippen molar-refractivity contribution >= 4 is 17.9 Å². The van der Waals surface area contributed by atoms with E-state index in [2.05, 4.69) is 28.1 Å². The van der Waals surface area contributed by atoms with Crippen LogP contribution < -0.4 is 21.5 Å². The molecular weight excluding hydrogens is 242 g/mol. The molecule has 0 radical (unpaired) electrons. The molecule has 0 saturated heterocycles. The summed E-state index contributed by atoms with van der Waals surface area (Å²) < 4.78 is 0. The summed E-state index contributed by atoms with van der Waals surface area (Å²) in [5, 5.41) is 15.4. The van der Waals surface area contributed by atoms with Crippen molar-refractivity contribution in [2.24, 2.45) is 16.6 Å². The van der Waals surface area contributed by atoms with E-state index in [9.17, 15) is 0 Å². The van der Waals surface area contributed by atoms with Gasteiger partial charge in [0.05, 0.1) is 6.61 Å². The molecule has 6 N–H and O–H groups in total. The zero-order valence-electron chi connectivity index (χ0n) is 11.4. The number of rotatable bonds is 6. The van der Waals surface area contributed by atoms with Crippen LogP contribution in [0, 0.1) is 6.92 Å². The predicted octanol–water partition coefficient (Wildman–Crippen LogP) is -1.50.